The molecule has 3 nitrogen and oxygen atoms in total. The van der Waals surface area contributed by atoms with Gasteiger partial charge in [-0.2, -0.15) is 0 Å². The molecule has 1 aliphatic rings. The molecule has 1 fully saturated rings. The van der Waals surface area contributed by atoms with Crippen LogP contribution in [-0.4, -0.2) is 25.3 Å². The van der Waals surface area contributed by atoms with Gasteiger partial charge in [0.05, 0.1) is 5.69 Å². The van der Waals surface area contributed by atoms with Gasteiger partial charge in [-0.05, 0) is 43.8 Å². The maximum absolute atomic E-state index is 11.9. The van der Waals surface area contributed by atoms with Crippen LogP contribution in [0, 0.1) is 5.92 Å². The van der Waals surface area contributed by atoms with Crippen LogP contribution in [0.25, 0.3) is 0 Å². The molecule has 17 heavy (non-hydrogen) atoms. The topological polar surface area (TPSA) is 41.1 Å². The number of thioether (sulfide) groups is 1. The van der Waals surface area contributed by atoms with Crippen molar-refractivity contribution in [3.8, 4) is 0 Å². The Hall–Kier alpha value is -1.00. The van der Waals surface area contributed by atoms with Crippen molar-refractivity contribution < 1.29 is 4.79 Å². The van der Waals surface area contributed by atoms with E-state index in [4.69, 9.17) is 0 Å². The highest BCUT2D eigenvalue weighted by atomic mass is 32.2. The molecule has 1 aromatic carbocycles. The van der Waals surface area contributed by atoms with Crippen molar-refractivity contribution in [3.63, 3.8) is 0 Å². The number of carbonyl (C=O) groups excluding carboxylic acids is 1. The Bertz CT molecular complexity index is 389. The standard InChI is InChI=1S/C13H18N2OS/c1-17-12-5-3-2-4-11(12)15-13(16)8-10-6-7-14-9-10/h2-5,10,14H,6-9H2,1H3,(H,15,16). The van der Waals surface area contributed by atoms with Crippen LogP contribution in [0.4, 0.5) is 5.69 Å². The number of nitrogens with one attached hydrogen (secondary N) is 2. The fourth-order valence-corrected chi connectivity index (χ4v) is 2.65. The fourth-order valence-electron chi connectivity index (χ4n) is 2.10. The number of para-hydroxylation sites is 1. The highest BCUT2D eigenvalue weighted by Gasteiger charge is 2.18. The Kier molecular flexibility index (Phi) is 4.45. The van der Waals surface area contributed by atoms with Gasteiger partial charge in [-0.25, -0.2) is 0 Å². The zero-order chi connectivity index (χ0) is 12.1. The molecule has 1 heterocycles. The minimum Gasteiger partial charge on any atom is -0.325 e. The number of hydrogen-bond acceptors (Lipinski definition) is 3. The van der Waals surface area contributed by atoms with Crippen molar-refractivity contribution in [2.24, 2.45) is 5.92 Å². The second-order valence-corrected chi connectivity index (χ2v) is 5.16. The summed E-state index contributed by atoms with van der Waals surface area (Å²) in [5.74, 6) is 0.622. The quantitative estimate of drug-likeness (QED) is 0.806. The van der Waals surface area contributed by atoms with Crippen LogP contribution in [0.1, 0.15) is 12.8 Å². The van der Waals surface area contributed by atoms with E-state index in [0.29, 0.717) is 12.3 Å². The summed E-state index contributed by atoms with van der Waals surface area (Å²) >= 11 is 1.65. The molecule has 0 aliphatic carbocycles. The Balaban J connectivity index is 1.92. The molecule has 1 amide bonds. The van der Waals surface area contributed by atoms with Crippen molar-refractivity contribution in [2.75, 3.05) is 24.7 Å². The zero-order valence-electron chi connectivity index (χ0n) is 10.0. The van der Waals surface area contributed by atoms with Gasteiger partial charge in [-0.15, -0.1) is 11.8 Å². The molecular formula is C13H18N2OS. The Labute approximate surface area is 106 Å². The summed E-state index contributed by atoms with van der Waals surface area (Å²) in [4.78, 5) is 13.0. The minimum absolute atomic E-state index is 0.125. The van der Waals surface area contributed by atoms with E-state index < -0.39 is 0 Å². The van der Waals surface area contributed by atoms with Gasteiger partial charge >= 0.3 is 0 Å². The van der Waals surface area contributed by atoms with E-state index in [1.165, 1.54) is 0 Å². The average molecular weight is 250 g/mol. The van der Waals surface area contributed by atoms with Crippen molar-refractivity contribution in [1.82, 2.24) is 5.32 Å². The van der Waals surface area contributed by atoms with E-state index in [1.807, 2.05) is 30.5 Å². The van der Waals surface area contributed by atoms with E-state index in [0.717, 1.165) is 30.1 Å². The third kappa shape index (κ3) is 3.48. The lowest BCUT2D eigenvalue weighted by atomic mass is 10.0. The van der Waals surface area contributed by atoms with Gasteiger partial charge in [0.25, 0.3) is 0 Å². The predicted octanol–water partition coefficient (Wildman–Crippen LogP) is 2.35. The first kappa shape index (κ1) is 12.5. The van der Waals surface area contributed by atoms with E-state index in [9.17, 15) is 4.79 Å². The van der Waals surface area contributed by atoms with Crippen molar-refractivity contribution >= 4 is 23.4 Å². The van der Waals surface area contributed by atoms with Crippen LogP contribution in [0.3, 0.4) is 0 Å². The fraction of sp³-hybridized carbons (Fsp3) is 0.462. The molecule has 0 radical (unpaired) electrons. The van der Waals surface area contributed by atoms with Gasteiger partial charge in [0.2, 0.25) is 5.91 Å². The van der Waals surface area contributed by atoms with Gasteiger partial charge in [0, 0.05) is 11.3 Å². The van der Waals surface area contributed by atoms with E-state index >= 15 is 0 Å². The zero-order valence-corrected chi connectivity index (χ0v) is 10.8. The summed E-state index contributed by atoms with van der Waals surface area (Å²) in [5, 5.41) is 6.28. The maximum atomic E-state index is 11.9. The number of rotatable bonds is 4. The summed E-state index contributed by atoms with van der Waals surface area (Å²) in [6, 6.07) is 7.92. The molecule has 1 saturated heterocycles. The number of benzene rings is 1. The summed E-state index contributed by atoms with van der Waals surface area (Å²) in [5.41, 5.74) is 0.927. The van der Waals surface area contributed by atoms with E-state index in [2.05, 4.69) is 10.6 Å². The molecule has 1 aliphatic heterocycles. The van der Waals surface area contributed by atoms with Gasteiger partial charge in [-0.1, -0.05) is 12.1 Å². The third-order valence-electron chi connectivity index (χ3n) is 3.02. The van der Waals surface area contributed by atoms with Crippen LogP contribution in [0.2, 0.25) is 0 Å². The second-order valence-electron chi connectivity index (χ2n) is 4.31. The molecule has 2 rings (SSSR count). The van der Waals surface area contributed by atoms with Crippen LogP contribution >= 0.6 is 11.8 Å². The summed E-state index contributed by atoms with van der Waals surface area (Å²) in [6.45, 7) is 2.01. The van der Waals surface area contributed by atoms with Crippen LogP contribution in [-0.2, 0) is 4.79 Å². The first-order valence-electron chi connectivity index (χ1n) is 5.93. The molecule has 0 aromatic heterocycles. The Morgan fingerprint density at radius 2 is 2.35 bits per heavy atom. The molecule has 0 spiro atoms. The highest BCUT2D eigenvalue weighted by Crippen LogP contribution is 2.25. The average Bonchev–Trinajstić information content (AvgIpc) is 2.82. The third-order valence-corrected chi connectivity index (χ3v) is 3.81. The summed E-state index contributed by atoms with van der Waals surface area (Å²) in [6.07, 6.45) is 3.75. The molecule has 1 atom stereocenters. The van der Waals surface area contributed by atoms with Gasteiger partial charge in [-0.3, -0.25) is 4.79 Å². The number of hydrogen-bond donors (Lipinski definition) is 2. The van der Waals surface area contributed by atoms with Gasteiger partial charge < -0.3 is 10.6 Å². The van der Waals surface area contributed by atoms with Crippen molar-refractivity contribution in [3.05, 3.63) is 24.3 Å². The lowest BCUT2D eigenvalue weighted by Gasteiger charge is -2.11. The molecule has 1 unspecified atom stereocenters. The molecular weight excluding hydrogens is 232 g/mol. The van der Waals surface area contributed by atoms with Crippen molar-refractivity contribution in [1.29, 1.82) is 0 Å². The van der Waals surface area contributed by atoms with E-state index in [1.54, 1.807) is 11.8 Å². The lowest BCUT2D eigenvalue weighted by Crippen LogP contribution is -2.18. The SMILES string of the molecule is CSc1ccccc1NC(=O)CC1CCNC1. The highest BCUT2D eigenvalue weighted by molar-refractivity contribution is 7.98. The number of anilines is 1. The summed E-state index contributed by atoms with van der Waals surface area (Å²) < 4.78 is 0. The molecule has 4 heteroatoms. The van der Waals surface area contributed by atoms with Crippen LogP contribution in [0.5, 0.6) is 0 Å². The molecule has 0 saturated carbocycles. The Morgan fingerprint density at radius 1 is 1.53 bits per heavy atom. The minimum atomic E-state index is 0.125. The molecule has 92 valence electrons. The lowest BCUT2D eigenvalue weighted by molar-refractivity contribution is -0.117. The van der Waals surface area contributed by atoms with Crippen LogP contribution in [0.15, 0.2) is 29.2 Å². The molecule has 1 aromatic rings. The number of amides is 1. The van der Waals surface area contributed by atoms with Gasteiger partial charge in [0.15, 0.2) is 0 Å². The first-order chi connectivity index (χ1) is 8.29. The first-order valence-corrected chi connectivity index (χ1v) is 7.15. The predicted molar refractivity (Wildman–Crippen MR) is 72.4 cm³/mol. The monoisotopic (exact) mass is 250 g/mol. The number of carbonyl (C=O) groups is 1. The van der Waals surface area contributed by atoms with Crippen LogP contribution < -0.4 is 10.6 Å². The van der Waals surface area contributed by atoms with Crippen molar-refractivity contribution in [2.45, 2.75) is 17.7 Å². The molecule has 0 bridgehead atoms. The largest absolute Gasteiger partial charge is 0.325 e. The molecule has 2 N–H and O–H groups in total. The van der Waals surface area contributed by atoms with E-state index in [-0.39, 0.29) is 5.91 Å². The summed E-state index contributed by atoms with van der Waals surface area (Å²) in [7, 11) is 0. The van der Waals surface area contributed by atoms with Gasteiger partial charge in [0.1, 0.15) is 0 Å². The second kappa shape index (κ2) is 6.07. The smallest absolute Gasteiger partial charge is 0.224 e. The maximum Gasteiger partial charge on any atom is 0.224 e. The normalized spacial score (nSPS) is 19.2. The Morgan fingerprint density at radius 3 is 3.06 bits per heavy atom.